The van der Waals surface area contributed by atoms with Gasteiger partial charge in [-0.05, 0) is 48.9 Å². The molecule has 1 atom stereocenters. The average Bonchev–Trinajstić information content (AvgIpc) is 3.41. The molecule has 0 saturated carbocycles. The fourth-order valence-electron chi connectivity index (χ4n) is 3.49. The van der Waals surface area contributed by atoms with E-state index in [1.165, 1.54) is 35.4 Å². The monoisotopic (exact) mass is 451 g/mol. The van der Waals surface area contributed by atoms with Gasteiger partial charge in [-0.3, -0.25) is 24.6 Å². The maximum atomic E-state index is 13.0. The molecule has 0 bridgehead atoms. The minimum absolute atomic E-state index is 0.122. The van der Waals surface area contributed by atoms with Crippen molar-refractivity contribution in [2.24, 2.45) is 0 Å². The van der Waals surface area contributed by atoms with Crippen LogP contribution in [0.25, 0.3) is 5.76 Å². The molecule has 1 aliphatic rings. The van der Waals surface area contributed by atoms with E-state index in [0.29, 0.717) is 23.5 Å². The lowest BCUT2D eigenvalue weighted by atomic mass is 9.95. The van der Waals surface area contributed by atoms with Crippen molar-refractivity contribution in [2.45, 2.75) is 13.0 Å². The van der Waals surface area contributed by atoms with E-state index in [1.807, 2.05) is 6.92 Å². The Morgan fingerprint density at radius 3 is 2.44 bits per heavy atom. The number of nitro groups is 1. The second-order valence-electron chi connectivity index (χ2n) is 6.79. The fraction of sp³-hybridized carbons (Fsp3) is 0.136. The zero-order chi connectivity index (χ0) is 22.8. The minimum atomic E-state index is -0.992. The van der Waals surface area contributed by atoms with Crippen molar-refractivity contribution in [3.63, 3.8) is 0 Å². The van der Waals surface area contributed by atoms with Crippen LogP contribution in [0.2, 0.25) is 0 Å². The third-order valence-electron chi connectivity index (χ3n) is 4.93. The van der Waals surface area contributed by atoms with Crippen LogP contribution >= 0.6 is 11.3 Å². The van der Waals surface area contributed by atoms with Gasteiger partial charge in [-0.2, -0.15) is 0 Å². The molecule has 1 unspecified atom stereocenters. The molecule has 2 heterocycles. The first-order chi connectivity index (χ1) is 15.4. The highest BCUT2D eigenvalue weighted by Crippen LogP contribution is 2.43. The van der Waals surface area contributed by atoms with Crippen LogP contribution in [-0.2, 0) is 9.59 Å². The number of non-ortho nitro benzene ring substituents is 1. The summed E-state index contributed by atoms with van der Waals surface area (Å²) >= 11 is 1.16. The number of rotatable bonds is 6. The summed E-state index contributed by atoms with van der Waals surface area (Å²) < 4.78 is 5.40. The van der Waals surface area contributed by atoms with Gasteiger partial charge in [0.25, 0.3) is 11.5 Å². The quantitative estimate of drug-likeness (QED) is 0.197. The van der Waals surface area contributed by atoms with Crippen molar-refractivity contribution >= 4 is 39.6 Å². The van der Waals surface area contributed by atoms with Crippen LogP contribution in [0, 0.1) is 10.1 Å². The molecule has 1 N–H and O–H groups in total. The Labute approximate surface area is 186 Å². The number of ketones is 1. The predicted octanol–water partition coefficient (Wildman–Crippen LogP) is 4.08. The van der Waals surface area contributed by atoms with Crippen LogP contribution in [-0.4, -0.2) is 33.3 Å². The van der Waals surface area contributed by atoms with Gasteiger partial charge in [0.2, 0.25) is 0 Å². The van der Waals surface area contributed by atoms with Crippen molar-refractivity contribution in [3.05, 3.63) is 86.9 Å². The third-order valence-corrected chi connectivity index (χ3v) is 5.70. The molecule has 4 rings (SSSR count). The molecule has 10 heteroatoms. The summed E-state index contributed by atoms with van der Waals surface area (Å²) in [5.41, 5.74) is 0.504. The van der Waals surface area contributed by atoms with Crippen molar-refractivity contribution in [2.75, 3.05) is 11.5 Å². The Kier molecular flexibility index (Phi) is 5.69. The Hall–Kier alpha value is -4.05. The number of amides is 1. The number of Topliss-reactive ketones (excluding diaryl/α,β-unsaturated/α-hetero) is 1. The van der Waals surface area contributed by atoms with Gasteiger partial charge in [0.1, 0.15) is 11.5 Å². The highest BCUT2D eigenvalue weighted by Gasteiger charge is 2.48. The Bertz CT molecular complexity index is 1200. The summed E-state index contributed by atoms with van der Waals surface area (Å²) in [5.74, 6) is -1.46. The number of carbonyl (C=O) groups excluding carboxylic acids is 2. The van der Waals surface area contributed by atoms with Gasteiger partial charge in [0.15, 0.2) is 5.13 Å². The lowest BCUT2D eigenvalue weighted by Gasteiger charge is -2.22. The highest BCUT2D eigenvalue weighted by molar-refractivity contribution is 7.14. The molecular formula is C22H17N3O6S. The SMILES string of the molecule is CCOc1ccc(C(O)=C2C(=O)C(=O)N(c3nccs3)C2c2ccc([N+](=O)[O-])cc2)cc1. The number of benzene rings is 2. The molecule has 1 saturated heterocycles. The predicted molar refractivity (Wildman–Crippen MR) is 118 cm³/mol. The molecule has 2 aromatic carbocycles. The molecule has 3 aromatic rings. The molecule has 32 heavy (non-hydrogen) atoms. The van der Waals surface area contributed by atoms with Gasteiger partial charge in [-0.25, -0.2) is 4.98 Å². The number of aliphatic hydroxyl groups excluding tert-OH is 1. The maximum Gasteiger partial charge on any atom is 0.301 e. The standard InChI is InChI=1S/C22H17N3O6S/c1-2-31-16-9-5-14(6-10-16)19(26)17-18(13-3-7-15(8-4-13)25(29)30)24(21(28)20(17)27)22-23-11-12-32-22/h3-12,18,26H,2H2,1H3. The first kappa shape index (κ1) is 21.2. The van der Waals surface area contributed by atoms with Gasteiger partial charge >= 0.3 is 5.91 Å². The third kappa shape index (κ3) is 3.71. The Morgan fingerprint density at radius 1 is 1.19 bits per heavy atom. The number of thiazole rings is 1. The molecule has 1 fully saturated rings. The van der Waals surface area contributed by atoms with Crippen LogP contribution in [0.5, 0.6) is 5.75 Å². The molecular weight excluding hydrogens is 434 g/mol. The van der Waals surface area contributed by atoms with Gasteiger partial charge in [0, 0.05) is 29.3 Å². The van der Waals surface area contributed by atoms with Crippen LogP contribution in [0.3, 0.4) is 0 Å². The van der Waals surface area contributed by atoms with Crippen molar-refractivity contribution in [1.29, 1.82) is 0 Å². The van der Waals surface area contributed by atoms with Gasteiger partial charge < -0.3 is 9.84 Å². The number of anilines is 1. The van der Waals surface area contributed by atoms with Gasteiger partial charge in [-0.15, -0.1) is 11.3 Å². The van der Waals surface area contributed by atoms with Crippen LogP contribution < -0.4 is 9.64 Å². The van der Waals surface area contributed by atoms with Gasteiger partial charge in [0.05, 0.1) is 23.1 Å². The number of nitro benzene ring substituents is 1. The van der Waals surface area contributed by atoms with Crippen LogP contribution in [0.15, 0.2) is 65.7 Å². The normalized spacial score (nSPS) is 17.5. The summed E-state index contributed by atoms with van der Waals surface area (Å²) in [6, 6.07) is 11.0. The largest absolute Gasteiger partial charge is 0.507 e. The van der Waals surface area contributed by atoms with Crippen molar-refractivity contribution in [3.8, 4) is 5.75 Å². The van der Waals surface area contributed by atoms with Crippen LogP contribution in [0.1, 0.15) is 24.1 Å². The number of nitrogens with zero attached hydrogens (tertiary/aromatic N) is 3. The summed E-state index contributed by atoms with van der Waals surface area (Å²) in [6.07, 6.45) is 1.50. The van der Waals surface area contributed by atoms with E-state index >= 15 is 0 Å². The summed E-state index contributed by atoms with van der Waals surface area (Å²) in [4.78, 5) is 41.8. The molecule has 1 aromatic heterocycles. The van der Waals surface area contributed by atoms with E-state index in [0.717, 1.165) is 11.3 Å². The van der Waals surface area contributed by atoms with Crippen LogP contribution in [0.4, 0.5) is 10.8 Å². The molecule has 0 aliphatic carbocycles. The number of ether oxygens (including phenoxy) is 1. The number of aromatic nitrogens is 1. The molecule has 1 aliphatic heterocycles. The second-order valence-corrected chi connectivity index (χ2v) is 7.66. The Morgan fingerprint density at radius 2 is 1.88 bits per heavy atom. The van der Waals surface area contributed by atoms with Crippen molar-refractivity contribution < 1.29 is 24.4 Å². The lowest BCUT2D eigenvalue weighted by Crippen LogP contribution is -2.29. The first-order valence-corrected chi connectivity index (χ1v) is 10.5. The van der Waals surface area contributed by atoms with E-state index < -0.39 is 22.7 Å². The molecule has 0 spiro atoms. The number of carbonyl (C=O) groups is 2. The fourth-order valence-corrected chi connectivity index (χ4v) is 4.16. The Balaban J connectivity index is 1.86. The van der Waals surface area contributed by atoms with E-state index in [1.54, 1.807) is 29.6 Å². The molecule has 1 amide bonds. The van der Waals surface area contributed by atoms with Gasteiger partial charge in [-0.1, -0.05) is 0 Å². The summed E-state index contributed by atoms with van der Waals surface area (Å²) in [6.45, 7) is 2.32. The van der Waals surface area contributed by atoms with Crippen molar-refractivity contribution in [1.82, 2.24) is 4.98 Å². The number of hydrogen-bond donors (Lipinski definition) is 1. The molecule has 162 valence electrons. The second kappa shape index (κ2) is 8.60. The van der Waals surface area contributed by atoms with E-state index in [2.05, 4.69) is 4.98 Å². The first-order valence-electron chi connectivity index (χ1n) is 9.60. The zero-order valence-corrected chi connectivity index (χ0v) is 17.6. The highest BCUT2D eigenvalue weighted by atomic mass is 32.1. The maximum absolute atomic E-state index is 13.0. The van der Waals surface area contributed by atoms with E-state index in [-0.39, 0.29) is 22.2 Å². The summed E-state index contributed by atoms with van der Waals surface area (Å²) in [7, 11) is 0. The van der Waals surface area contributed by atoms with E-state index in [9.17, 15) is 24.8 Å². The van der Waals surface area contributed by atoms with E-state index in [4.69, 9.17) is 4.74 Å². The number of hydrogen-bond acceptors (Lipinski definition) is 8. The smallest absolute Gasteiger partial charge is 0.301 e. The lowest BCUT2D eigenvalue weighted by molar-refractivity contribution is -0.384. The topological polar surface area (TPSA) is 123 Å². The molecule has 0 radical (unpaired) electrons. The minimum Gasteiger partial charge on any atom is -0.507 e. The molecule has 9 nitrogen and oxygen atoms in total. The number of aliphatic hydroxyl groups is 1. The zero-order valence-electron chi connectivity index (χ0n) is 16.8. The average molecular weight is 451 g/mol. The summed E-state index contributed by atoms with van der Waals surface area (Å²) in [5, 5.41) is 24.0.